The third-order valence-corrected chi connectivity index (χ3v) is 2.23. The van der Waals surface area contributed by atoms with Gasteiger partial charge in [0.25, 0.3) is 0 Å². The number of carboxylic acid groups (broad SMARTS) is 3. The van der Waals surface area contributed by atoms with Crippen LogP contribution in [0.1, 0.15) is 0 Å². The Morgan fingerprint density at radius 2 is 1.05 bits per heavy atom. The molecule has 21 heavy (non-hydrogen) atoms. The first-order chi connectivity index (χ1) is 8.85. The van der Waals surface area contributed by atoms with E-state index in [0.717, 1.165) is 0 Å². The molecule has 8 N–H and O–H groups in total. The van der Waals surface area contributed by atoms with Crippen LogP contribution >= 0.6 is 0 Å². The van der Waals surface area contributed by atoms with Gasteiger partial charge in [-0.1, -0.05) is 0 Å². The van der Waals surface area contributed by atoms with E-state index >= 15 is 0 Å². The third-order valence-electron chi connectivity index (χ3n) is 2.23. The summed E-state index contributed by atoms with van der Waals surface area (Å²) in [6, 6.07) is 0. The van der Waals surface area contributed by atoms with Gasteiger partial charge in [0.05, 0.1) is 26.2 Å². The first-order valence-electron chi connectivity index (χ1n) is 5.56. The smallest absolute Gasteiger partial charge is 0.317 e. The summed E-state index contributed by atoms with van der Waals surface area (Å²) in [6.45, 7) is -1.03. The topological polar surface area (TPSA) is 175 Å². The molecule has 0 rings (SSSR count). The first kappa shape index (κ1) is 24.8. The Morgan fingerprint density at radius 1 is 0.714 bits per heavy atom. The molecule has 10 nitrogen and oxygen atoms in total. The zero-order chi connectivity index (χ0) is 14.8. The number of carboxylic acids is 3. The number of hydrogen-bond acceptors (Lipinski definition) is 6. The van der Waals surface area contributed by atoms with E-state index in [-0.39, 0.29) is 56.0 Å². The molecule has 0 atom stereocenters. The van der Waals surface area contributed by atoms with E-state index in [2.05, 4.69) is 0 Å². The van der Waals surface area contributed by atoms with Crippen LogP contribution in [0.4, 0.5) is 0 Å². The summed E-state index contributed by atoms with van der Waals surface area (Å²) in [5.74, 6) is -3.39. The average Bonchev–Trinajstić information content (AvgIpc) is 2.23. The predicted molar refractivity (Wildman–Crippen MR) is 68.9 cm³/mol. The molecule has 0 aromatic carbocycles. The third kappa shape index (κ3) is 15.0. The summed E-state index contributed by atoms with van der Waals surface area (Å²) in [6.07, 6.45) is 0. The van der Waals surface area contributed by atoms with Gasteiger partial charge in [0, 0.05) is 36.7 Å². The molecular weight excluding hydrogens is 330 g/mol. The number of aliphatic hydroxyl groups excluding tert-OH is 1. The van der Waals surface area contributed by atoms with Crippen LogP contribution in [0.2, 0.25) is 0 Å². The van der Waals surface area contributed by atoms with Crippen LogP contribution in [0.5, 0.6) is 0 Å². The van der Waals surface area contributed by atoms with Gasteiger partial charge in [-0.3, -0.25) is 24.2 Å². The number of quaternary nitrogens is 1. The van der Waals surface area contributed by atoms with Crippen molar-refractivity contribution in [1.29, 1.82) is 0 Å². The summed E-state index contributed by atoms with van der Waals surface area (Å²) in [5, 5.41) is 34.7. The van der Waals surface area contributed by atoms with Crippen LogP contribution in [-0.4, -0.2) is 94.0 Å². The Hall–Kier alpha value is -1.23. The van der Waals surface area contributed by atoms with Gasteiger partial charge in [-0.25, -0.2) is 0 Å². The van der Waals surface area contributed by atoms with Crippen molar-refractivity contribution in [3.8, 4) is 0 Å². The minimum atomic E-state index is -1.16. The van der Waals surface area contributed by atoms with Gasteiger partial charge in [-0.15, -0.1) is 0 Å². The number of rotatable bonds is 11. The van der Waals surface area contributed by atoms with Crippen molar-refractivity contribution in [1.82, 2.24) is 16.0 Å². The molecule has 0 spiro atoms. The summed E-state index contributed by atoms with van der Waals surface area (Å²) >= 11 is 0. The normalized spacial score (nSPS) is 9.86. The molecule has 0 aromatic heterocycles. The summed E-state index contributed by atoms with van der Waals surface area (Å²) in [5.41, 5.74) is 0. The number of aliphatic hydroxyl groups is 1. The molecule has 0 heterocycles. The van der Waals surface area contributed by atoms with Crippen molar-refractivity contribution in [2.45, 2.75) is 0 Å². The van der Waals surface area contributed by atoms with Crippen molar-refractivity contribution < 1.29 is 51.9 Å². The molecule has 0 aliphatic heterocycles. The van der Waals surface area contributed by atoms with Gasteiger partial charge in [0.1, 0.15) is 0 Å². The fourth-order valence-electron chi connectivity index (χ4n) is 1.48. The van der Waals surface area contributed by atoms with E-state index in [9.17, 15) is 14.4 Å². The molecule has 0 saturated heterocycles. The first-order valence-corrected chi connectivity index (χ1v) is 5.56. The molecule has 0 saturated carbocycles. The molecule has 0 fully saturated rings. The van der Waals surface area contributed by atoms with Gasteiger partial charge in [-0.2, -0.15) is 0 Å². The van der Waals surface area contributed by atoms with Gasteiger partial charge in [0.15, 0.2) is 0 Å². The zero-order valence-corrected chi connectivity index (χ0v) is 12.8. The van der Waals surface area contributed by atoms with E-state index in [0.29, 0.717) is 0 Å². The maximum absolute atomic E-state index is 10.6. The van der Waals surface area contributed by atoms with Crippen molar-refractivity contribution in [2.24, 2.45) is 0 Å². The van der Waals surface area contributed by atoms with Gasteiger partial charge in [0.2, 0.25) is 0 Å². The van der Waals surface area contributed by atoms with Crippen LogP contribution < -0.4 is 6.15 Å². The quantitative estimate of drug-likeness (QED) is 0.269. The second kappa shape index (κ2) is 13.7. The zero-order valence-electron chi connectivity index (χ0n) is 11.7. The minimum absolute atomic E-state index is 0. The molecule has 0 aliphatic rings. The molecule has 0 aliphatic carbocycles. The monoisotopic (exact) mass is 352 g/mol. The molecule has 126 valence electrons. The van der Waals surface area contributed by atoms with Gasteiger partial charge < -0.3 is 26.6 Å². The molecule has 0 radical (unpaired) electrons. The number of carbonyl (C=O) groups is 3. The maximum Gasteiger partial charge on any atom is 0.317 e. The molecule has 0 amide bonds. The Labute approximate surface area is 132 Å². The van der Waals surface area contributed by atoms with Crippen LogP contribution in [-0.2, 0) is 31.5 Å². The maximum atomic E-state index is 10.6. The number of nitrogens with zero attached hydrogens (tertiary/aromatic N) is 2. The largest absolute Gasteiger partial charge is 0.480 e. The van der Waals surface area contributed by atoms with Crippen molar-refractivity contribution in [2.75, 3.05) is 45.9 Å². The van der Waals surface area contributed by atoms with Crippen molar-refractivity contribution in [3.05, 3.63) is 0 Å². The van der Waals surface area contributed by atoms with Gasteiger partial charge in [-0.05, 0) is 0 Å². The molecule has 0 unspecified atom stereocenters. The van der Waals surface area contributed by atoms with E-state index in [1.165, 1.54) is 9.80 Å². The van der Waals surface area contributed by atoms with Gasteiger partial charge >= 0.3 is 17.9 Å². The molecule has 0 bridgehead atoms. The average molecular weight is 352 g/mol. The summed E-state index contributed by atoms with van der Waals surface area (Å²) < 4.78 is 0. The molecule has 11 heteroatoms. The fraction of sp³-hybridized carbons (Fsp3) is 0.700. The SMILES string of the molecule is O=C(O)CN(CCO)CCN(CC(=O)O)CC(=O)O.[Fe].[NH4+]. The van der Waals surface area contributed by atoms with E-state index in [1.807, 2.05) is 0 Å². The number of aliphatic carboxylic acids is 3. The van der Waals surface area contributed by atoms with Crippen LogP contribution in [0.3, 0.4) is 0 Å². The molecular formula is C10H22FeN3O7+. The molecule has 0 aromatic rings. The second-order valence-corrected chi connectivity index (χ2v) is 3.89. The van der Waals surface area contributed by atoms with Crippen LogP contribution in [0.25, 0.3) is 0 Å². The van der Waals surface area contributed by atoms with E-state index < -0.39 is 31.0 Å². The Bertz CT molecular complexity index is 314. The summed E-state index contributed by atoms with van der Waals surface area (Å²) in [7, 11) is 0. The van der Waals surface area contributed by atoms with Crippen molar-refractivity contribution >= 4 is 17.9 Å². The Balaban J connectivity index is -0.00000162. The predicted octanol–water partition coefficient (Wildman–Crippen LogP) is -1.79. The number of hydrogen-bond donors (Lipinski definition) is 5. The van der Waals surface area contributed by atoms with Crippen molar-refractivity contribution in [3.63, 3.8) is 0 Å². The van der Waals surface area contributed by atoms with Crippen LogP contribution in [0.15, 0.2) is 0 Å². The minimum Gasteiger partial charge on any atom is -0.480 e. The van der Waals surface area contributed by atoms with Crippen LogP contribution in [0, 0.1) is 0 Å². The summed E-state index contributed by atoms with van der Waals surface area (Å²) in [4.78, 5) is 34.3. The second-order valence-electron chi connectivity index (χ2n) is 3.89. The van der Waals surface area contributed by atoms with E-state index in [1.54, 1.807) is 0 Å². The Kier molecular flexibility index (Phi) is 16.2. The Morgan fingerprint density at radius 3 is 1.38 bits per heavy atom. The fourth-order valence-corrected chi connectivity index (χ4v) is 1.48. The van der Waals surface area contributed by atoms with E-state index in [4.69, 9.17) is 20.4 Å². The standard InChI is InChI=1S/C10H18N2O7.Fe.H3N/c13-4-3-11(5-8(14)15)1-2-12(6-9(16)17)7-10(18)19;;/h13H,1-7H2,(H,14,15)(H,16,17)(H,18,19);;1H3/p+1.